The van der Waals surface area contributed by atoms with E-state index in [1.165, 1.54) is 4.90 Å². The van der Waals surface area contributed by atoms with Gasteiger partial charge in [0.25, 0.3) is 0 Å². The van der Waals surface area contributed by atoms with Gasteiger partial charge in [0.1, 0.15) is 17.0 Å². The maximum absolute atomic E-state index is 12.6. The van der Waals surface area contributed by atoms with Crippen molar-refractivity contribution < 1.29 is 23.1 Å². The second-order valence-corrected chi connectivity index (χ2v) is 4.45. The number of aliphatic carboxylic acids is 1. The number of alkyl halides is 3. The number of nitrogens with zero attached hydrogens (tertiary/aromatic N) is 3. The SMILES string of the molecule is O=C(O)C1CCCN1c1cc(Cl)nc(C(F)(F)F)n1. The Bertz CT molecular complexity index is 509. The largest absolute Gasteiger partial charge is 0.480 e. The Kier molecular flexibility index (Phi) is 3.53. The maximum Gasteiger partial charge on any atom is 0.451 e. The highest BCUT2D eigenvalue weighted by Crippen LogP contribution is 2.31. The fourth-order valence-electron chi connectivity index (χ4n) is 1.98. The van der Waals surface area contributed by atoms with Gasteiger partial charge in [-0.3, -0.25) is 0 Å². The molecule has 2 heterocycles. The van der Waals surface area contributed by atoms with Crippen molar-refractivity contribution in [1.82, 2.24) is 9.97 Å². The molecule has 0 amide bonds. The summed E-state index contributed by atoms with van der Waals surface area (Å²) in [7, 11) is 0. The fraction of sp³-hybridized carbons (Fsp3) is 0.500. The number of carbonyl (C=O) groups is 1. The fourth-order valence-corrected chi connectivity index (χ4v) is 2.15. The summed E-state index contributed by atoms with van der Waals surface area (Å²) in [6, 6.07) is 0.255. The highest BCUT2D eigenvalue weighted by atomic mass is 35.5. The molecule has 0 spiro atoms. The highest BCUT2D eigenvalue weighted by molar-refractivity contribution is 6.29. The van der Waals surface area contributed by atoms with E-state index in [2.05, 4.69) is 9.97 Å². The second-order valence-electron chi connectivity index (χ2n) is 4.06. The van der Waals surface area contributed by atoms with Crippen molar-refractivity contribution in [1.29, 1.82) is 0 Å². The number of carboxylic acids is 1. The Morgan fingerprint density at radius 1 is 1.47 bits per heavy atom. The maximum atomic E-state index is 12.6. The van der Waals surface area contributed by atoms with Crippen LogP contribution in [0, 0.1) is 0 Å². The molecule has 0 radical (unpaired) electrons. The van der Waals surface area contributed by atoms with Crippen molar-refractivity contribution in [2.75, 3.05) is 11.4 Å². The van der Waals surface area contributed by atoms with Crippen LogP contribution in [0.4, 0.5) is 19.0 Å². The summed E-state index contributed by atoms with van der Waals surface area (Å²) in [6.07, 6.45) is -3.80. The van der Waals surface area contributed by atoms with E-state index in [4.69, 9.17) is 16.7 Å². The van der Waals surface area contributed by atoms with Crippen molar-refractivity contribution in [3.63, 3.8) is 0 Å². The van der Waals surface area contributed by atoms with Crippen LogP contribution in [0.25, 0.3) is 0 Å². The molecule has 2 rings (SSSR count). The molecule has 1 aromatic heterocycles. The van der Waals surface area contributed by atoms with Crippen molar-refractivity contribution in [2.45, 2.75) is 25.1 Å². The zero-order valence-corrected chi connectivity index (χ0v) is 10.2. The van der Waals surface area contributed by atoms with Crippen molar-refractivity contribution >= 4 is 23.4 Å². The van der Waals surface area contributed by atoms with E-state index >= 15 is 0 Å². The molecule has 0 saturated carbocycles. The van der Waals surface area contributed by atoms with Gasteiger partial charge in [0.15, 0.2) is 0 Å². The standard InChI is InChI=1S/C10H9ClF3N3O2/c11-6-4-7(16-9(15-6)10(12,13)14)17-3-1-2-5(17)8(18)19/h4-5H,1-3H2,(H,18,19). The summed E-state index contributed by atoms with van der Waals surface area (Å²) in [5.74, 6) is -2.58. The van der Waals surface area contributed by atoms with Crippen molar-refractivity contribution in [3.8, 4) is 0 Å². The third kappa shape index (κ3) is 2.89. The van der Waals surface area contributed by atoms with Crippen LogP contribution < -0.4 is 4.90 Å². The molecule has 1 unspecified atom stereocenters. The molecule has 1 N–H and O–H groups in total. The van der Waals surface area contributed by atoms with Gasteiger partial charge in [0.05, 0.1) is 0 Å². The molecule has 104 valence electrons. The van der Waals surface area contributed by atoms with Crippen LogP contribution in [0.15, 0.2) is 6.07 Å². The molecule has 0 bridgehead atoms. The van der Waals surface area contributed by atoms with Crippen LogP contribution in [0.2, 0.25) is 5.15 Å². The second kappa shape index (κ2) is 4.84. The van der Waals surface area contributed by atoms with Crippen LogP contribution in [0.1, 0.15) is 18.7 Å². The summed E-state index contributed by atoms with van der Waals surface area (Å²) < 4.78 is 37.7. The quantitative estimate of drug-likeness (QED) is 0.847. The van der Waals surface area contributed by atoms with Gasteiger partial charge in [-0.25, -0.2) is 14.8 Å². The molecule has 19 heavy (non-hydrogen) atoms. The smallest absolute Gasteiger partial charge is 0.451 e. The molecule has 1 fully saturated rings. The lowest BCUT2D eigenvalue weighted by Gasteiger charge is -2.23. The Hall–Kier alpha value is -1.57. The van der Waals surface area contributed by atoms with E-state index in [0.717, 1.165) is 6.07 Å². The predicted molar refractivity (Wildman–Crippen MR) is 60.0 cm³/mol. The Morgan fingerprint density at radius 3 is 2.74 bits per heavy atom. The molecule has 1 aliphatic heterocycles. The highest BCUT2D eigenvalue weighted by Gasteiger charge is 2.37. The zero-order chi connectivity index (χ0) is 14.2. The third-order valence-corrected chi connectivity index (χ3v) is 2.96. The van der Waals surface area contributed by atoms with Crippen molar-refractivity contribution in [2.24, 2.45) is 0 Å². The summed E-state index contributed by atoms with van der Waals surface area (Å²) in [4.78, 5) is 18.8. The minimum absolute atomic E-state index is 0.114. The number of halogens is 4. The average molecular weight is 296 g/mol. The molecule has 9 heteroatoms. The average Bonchev–Trinajstić information content (AvgIpc) is 2.75. The van der Waals surface area contributed by atoms with Gasteiger partial charge in [0, 0.05) is 12.6 Å². The van der Waals surface area contributed by atoms with Crippen molar-refractivity contribution in [3.05, 3.63) is 17.0 Å². The molecule has 0 aromatic carbocycles. The van der Waals surface area contributed by atoms with Gasteiger partial charge < -0.3 is 10.0 Å². The molecule has 5 nitrogen and oxygen atoms in total. The van der Waals surface area contributed by atoms with E-state index in [1.54, 1.807) is 0 Å². The predicted octanol–water partition coefficient (Wildman–Crippen LogP) is 2.20. The molecular formula is C10H9ClF3N3O2. The molecule has 1 aromatic rings. The first-order valence-electron chi connectivity index (χ1n) is 5.40. The molecule has 1 atom stereocenters. The van der Waals surface area contributed by atoms with Gasteiger partial charge in [-0.2, -0.15) is 13.2 Å². The van der Waals surface area contributed by atoms with Gasteiger partial charge in [-0.1, -0.05) is 11.6 Å². The molecule has 0 aliphatic carbocycles. The lowest BCUT2D eigenvalue weighted by atomic mass is 10.2. The van der Waals surface area contributed by atoms with Gasteiger partial charge in [0.2, 0.25) is 5.82 Å². The van der Waals surface area contributed by atoms with Gasteiger partial charge in [-0.05, 0) is 12.8 Å². The third-order valence-electron chi connectivity index (χ3n) is 2.77. The molecule has 1 saturated heterocycles. The first-order chi connectivity index (χ1) is 8.79. The molecular weight excluding hydrogens is 287 g/mol. The first kappa shape index (κ1) is 13.9. The normalized spacial score (nSPS) is 19.8. The summed E-state index contributed by atoms with van der Waals surface area (Å²) >= 11 is 5.54. The Labute approximate surface area is 111 Å². The van der Waals surface area contributed by atoms with E-state index in [9.17, 15) is 18.0 Å². The van der Waals surface area contributed by atoms with E-state index in [0.29, 0.717) is 19.4 Å². The number of hydrogen-bond acceptors (Lipinski definition) is 4. The van der Waals surface area contributed by atoms with Gasteiger partial charge in [-0.15, -0.1) is 0 Å². The number of rotatable bonds is 2. The lowest BCUT2D eigenvalue weighted by Crippen LogP contribution is -2.36. The number of carboxylic acid groups (broad SMARTS) is 1. The van der Waals surface area contributed by atoms with Crippen LogP contribution in [-0.4, -0.2) is 33.6 Å². The van der Waals surface area contributed by atoms with E-state index in [-0.39, 0.29) is 11.0 Å². The minimum atomic E-state index is -4.72. The monoisotopic (exact) mass is 295 g/mol. The zero-order valence-electron chi connectivity index (χ0n) is 9.48. The first-order valence-corrected chi connectivity index (χ1v) is 5.78. The summed E-state index contributed by atoms with van der Waals surface area (Å²) in [5.41, 5.74) is 0. The molecule has 1 aliphatic rings. The summed E-state index contributed by atoms with van der Waals surface area (Å²) in [5, 5.41) is 8.64. The van der Waals surface area contributed by atoms with Crippen LogP contribution in [0.5, 0.6) is 0 Å². The number of anilines is 1. The van der Waals surface area contributed by atoms with Crippen LogP contribution >= 0.6 is 11.6 Å². The van der Waals surface area contributed by atoms with Gasteiger partial charge >= 0.3 is 12.1 Å². The summed E-state index contributed by atoms with van der Waals surface area (Å²) in [6.45, 7) is 0.321. The minimum Gasteiger partial charge on any atom is -0.480 e. The van der Waals surface area contributed by atoms with Crippen LogP contribution in [0.3, 0.4) is 0 Å². The lowest BCUT2D eigenvalue weighted by molar-refractivity contribution is -0.144. The van der Waals surface area contributed by atoms with E-state index in [1.807, 2.05) is 0 Å². The van der Waals surface area contributed by atoms with E-state index < -0.39 is 24.0 Å². The number of hydrogen-bond donors (Lipinski definition) is 1. The topological polar surface area (TPSA) is 66.3 Å². The Balaban J connectivity index is 2.40. The Morgan fingerprint density at radius 2 is 2.16 bits per heavy atom. The number of aromatic nitrogens is 2. The van der Waals surface area contributed by atoms with Crippen LogP contribution in [-0.2, 0) is 11.0 Å².